The lowest BCUT2D eigenvalue weighted by Gasteiger charge is -2.12. The van der Waals surface area contributed by atoms with Gasteiger partial charge in [0.15, 0.2) is 0 Å². The molecule has 5 heteroatoms. The van der Waals surface area contributed by atoms with Crippen LogP contribution in [0.4, 0.5) is 4.39 Å². The first kappa shape index (κ1) is 13.4. The number of hydrogen-bond acceptors (Lipinski definition) is 2. The Morgan fingerprint density at radius 2 is 2.05 bits per heavy atom. The van der Waals surface area contributed by atoms with Crippen molar-refractivity contribution >= 4 is 17.4 Å². The smallest absolute Gasteiger partial charge is 0.139 e. The Morgan fingerprint density at radius 1 is 1.32 bits per heavy atom. The van der Waals surface area contributed by atoms with Gasteiger partial charge in [-0.05, 0) is 42.8 Å². The number of aryl methyl sites for hydroxylation is 1. The second-order valence-electron chi connectivity index (χ2n) is 4.04. The fraction of sp³-hybridized carbons (Fsp3) is 0.0714. The lowest BCUT2D eigenvalue weighted by atomic mass is 10.1. The predicted octanol–water partition coefficient (Wildman–Crippen LogP) is 3.86. The van der Waals surface area contributed by atoms with E-state index in [1.54, 1.807) is 31.2 Å². The molecule has 2 rings (SSSR count). The van der Waals surface area contributed by atoms with Crippen LogP contribution in [0.2, 0.25) is 5.02 Å². The fourth-order valence-electron chi connectivity index (χ4n) is 1.66. The summed E-state index contributed by atoms with van der Waals surface area (Å²) in [4.78, 5) is 0. The van der Waals surface area contributed by atoms with Crippen LogP contribution in [0.3, 0.4) is 0 Å². The zero-order valence-electron chi connectivity index (χ0n) is 10.2. The molecule has 0 saturated heterocycles. The Labute approximate surface area is 115 Å². The lowest BCUT2D eigenvalue weighted by molar-refractivity contribution is 0.478. The predicted molar refractivity (Wildman–Crippen MR) is 73.7 cm³/mol. The van der Waals surface area contributed by atoms with Crippen LogP contribution < -0.4 is 10.5 Å². The van der Waals surface area contributed by atoms with Crippen LogP contribution >= 0.6 is 11.6 Å². The van der Waals surface area contributed by atoms with Gasteiger partial charge in [-0.1, -0.05) is 17.7 Å². The van der Waals surface area contributed by atoms with Gasteiger partial charge in [0, 0.05) is 0 Å². The van der Waals surface area contributed by atoms with Crippen molar-refractivity contribution < 1.29 is 9.13 Å². The van der Waals surface area contributed by atoms with E-state index in [2.05, 4.69) is 0 Å². The molecule has 0 atom stereocenters. The molecule has 0 aromatic heterocycles. The van der Waals surface area contributed by atoms with Gasteiger partial charge in [0.05, 0.1) is 10.6 Å². The van der Waals surface area contributed by atoms with Gasteiger partial charge in [0.2, 0.25) is 0 Å². The third-order valence-corrected chi connectivity index (χ3v) is 2.92. The molecule has 0 heterocycles. The van der Waals surface area contributed by atoms with Crippen molar-refractivity contribution in [2.24, 2.45) is 5.73 Å². The van der Waals surface area contributed by atoms with Crippen molar-refractivity contribution in [3.63, 3.8) is 0 Å². The third kappa shape index (κ3) is 2.85. The summed E-state index contributed by atoms with van der Waals surface area (Å²) in [6, 6.07) is 9.37. The van der Waals surface area contributed by atoms with Crippen LogP contribution in [0.25, 0.3) is 0 Å². The number of hydrogen-bond donors (Lipinski definition) is 2. The minimum absolute atomic E-state index is 0.181. The van der Waals surface area contributed by atoms with Crippen LogP contribution in [-0.4, -0.2) is 5.84 Å². The first-order valence-corrected chi connectivity index (χ1v) is 5.93. The van der Waals surface area contributed by atoms with E-state index in [4.69, 9.17) is 27.5 Å². The van der Waals surface area contributed by atoms with Crippen molar-refractivity contribution in [3.8, 4) is 11.5 Å². The molecule has 0 aliphatic rings. The highest BCUT2D eigenvalue weighted by Gasteiger charge is 2.12. The molecule has 0 amide bonds. The highest BCUT2D eigenvalue weighted by molar-refractivity contribution is 6.34. The van der Waals surface area contributed by atoms with Gasteiger partial charge in [-0.15, -0.1) is 0 Å². The normalized spacial score (nSPS) is 10.3. The zero-order chi connectivity index (χ0) is 14.0. The number of nitrogens with two attached hydrogens (primary N) is 1. The highest BCUT2D eigenvalue weighted by atomic mass is 35.5. The maximum atomic E-state index is 13.2. The summed E-state index contributed by atoms with van der Waals surface area (Å²) >= 11 is 5.99. The maximum Gasteiger partial charge on any atom is 0.139 e. The standard InChI is InChI=1S/C14H12ClFN2O/c1-8-7-9(5-6-11(8)16)19-12-4-2-3-10(15)13(12)14(17)18/h2-7H,1H3,(H3,17,18). The second-order valence-corrected chi connectivity index (χ2v) is 4.45. The molecule has 0 spiro atoms. The molecule has 19 heavy (non-hydrogen) atoms. The minimum atomic E-state index is -0.301. The average molecular weight is 279 g/mol. The number of ether oxygens (including phenoxy) is 1. The topological polar surface area (TPSA) is 59.1 Å². The summed E-state index contributed by atoms with van der Waals surface area (Å²) in [7, 11) is 0. The average Bonchev–Trinajstić information content (AvgIpc) is 2.33. The van der Waals surface area contributed by atoms with Gasteiger partial charge in [-0.2, -0.15) is 0 Å². The summed E-state index contributed by atoms with van der Waals surface area (Å²) < 4.78 is 18.8. The Morgan fingerprint density at radius 3 is 2.68 bits per heavy atom. The summed E-state index contributed by atoms with van der Waals surface area (Å²) in [5, 5.41) is 7.85. The molecule has 2 aromatic rings. The van der Waals surface area contributed by atoms with E-state index >= 15 is 0 Å². The molecule has 0 aliphatic heterocycles. The zero-order valence-corrected chi connectivity index (χ0v) is 11.0. The van der Waals surface area contributed by atoms with E-state index in [-0.39, 0.29) is 11.7 Å². The number of nitrogen functional groups attached to an aromatic ring is 1. The van der Waals surface area contributed by atoms with Crippen molar-refractivity contribution in [2.45, 2.75) is 6.92 Å². The third-order valence-electron chi connectivity index (χ3n) is 2.60. The van der Waals surface area contributed by atoms with Crippen LogP contribution in [0.15, 0.2) is 36.4 Å². The first-order valence-electron chi connectivity index (χ1n) is 5.56. The summed E-state index contributed by atoms with van der Waals surface area (Å²) in [5.74, 6) is 0.347. The van der Waals surface area contributed by atoms with Crippen molar-refractivity contribution in [1.29, 1.82) is 5.41 Å². The van der Waals surface area contributed by atoms with Gasteiger partial charge in [0.1, 0.15) is 23.2 Å². The van der Waals surface area contributed by atoms with Crippen molar-refractivity contribution in [2.75, 3.05) is 0 Å². The van der Waals surface area contributed by atoms with E-state index in [1.807, 2.05) is 0 Å². The molecule has 3 nitrogen and oxygen atoms in total. The summed E-state index contributed by atoms with van der Waals surface area (Å²) in [5.41, 5.74) is 6.28. The van der Waals surface area contributed by atoms with Crippen LogP contribution in [0.1, 0.15) is 11.1 Å². The monoisotopic (exact) mass is 278 g/mol. The van der Waals surface area contributed by atoms with E-state index in [0.717, 1.165) is 0 Å². The second kappa shape index (κ2) is 5.28. The lowest BCUT2D eigenvalue weighted by Crippen LogP contribution is -2.13. The number of amidine groups is 1. The van der Waals surface area contributed by atoms with Crippen LogP contribution in [-0.2, 0) is 0 Å². The minimum Gasteiger partial charge on any atom is -0.457 e. The van der Waals surface area contributed by atoms with E-state index in [9.17, 15) is 4.39 Å². The number of nitrogens with one attached hydrogen (secondary N) is 1. The Balaban J connectivity index is 2.40. The van der Waals surface area contributed by atoms with E-state index < -0.39 is 0 Å². The molecule has 3 N–H and O–H groups in total. The van der Waals surface area contributed by atoms with Gasteiger partial charge >= 0.3 is 0 Å². The molecule has 98 valence electrons. The number of benzene rings is 2. The van der Waals surface area contributed by atoms with Crippen LogP contribution in [0, 0.1) is 18.2 Å². The van der Waals surface area contributed by atoms with Gasteiger partial charge in [0.25, 0.3) is 0 Å². The van der Waals surface area contributed by atoms with Crippen LogP contribution in [0.5, 0.6) is 11.5 Å². The molecule has 0 fully saturated rings. The Kier molecular flexibility index (Phi) is 3.71. The maximum absolute atomic E-state index is 13.2. The van der Waals surface area contributed by atoms with Gasteiger partial charge in [-0.25, -0.2) is 4.39 Å². The Bertz CT molecular complexity index is 643. The van der Waals surface area contributed by atoms with E-state index in [0.29, 0.717) is 27.6 Å². The molecular formula is C14H12ClFN2O. The SMILES string of the molecule is Cc1cc(Oc2cccc(Cl)c2C(=N)N)ccc1F. The van der Waals surface area contributed by atoms with Gasteiger partial charge < -0.3 is 10.5 Å². The molecule has 0 saturated carbocycles. The van der Waals surface area contributed by atoms with Gasteiger partial charge in [-0.3, -0.25) is 5.41 Å². The quantitative estimate of drug-likeness (QED) is 0.661. The number of halogens is 2. The molecule has 0 bridgehead atoms. The molecule has 0 aliphatic carbocycles. The van der Waals surface area contributed by atoms with Crippen molar-refractivity contribution in [3.05, 3.63) is 58.4 Å². The molecule has 0 unspecified atom stereocenters. The molecular weight excluding hydrogens is 267 g/mol. The summed E-state index contributed by atoms with van der Waals surface area (Å²) in [6.07, 6.45) is 0. The van der Waals surface area contributed by atoms with Crippen molar-refractivity contribution in [1.82, 2.24) is 0 Å². The molecule has 0 radical (unpaired) electrons. The summed E-state index contributed by atoms with van der Waals surface area (Å²) in [6.45, 7) is 1.64. The fourth-order valence-corrected chi connectivity index (χ4v) is 1.93. The van der Waals surface area contributed by atoms with E-state index in [1.165, 1.54) is 12.1 Å². The first-order chi connectivity index (χ1) is 8.99. The Hall–Kier alpha value is -2.07. The highest BCUT2D eigenvalue weighted by Crippen LogP contribution is 2.30. The largest absolute Gasteiger partial charge is 0.457 e. The number of rotatable bonds is 3. The molecule has 2 aromatic carbocycles.